The average molecular weight is 546 g/mol. The topological polar surface area (TPSA) is 80.6 Å². The zero-order valence-corrected chi connectivity index (χ0v) is 23.8. The number of rotatable bonds is 2. The van der Waals surface area contributed by atoms with Crippen molar-refractivity contribution >= 4 is 46.1 Å². The third-order valence-electron chi connectivity index (χ3n) is 6.26. The predicted molar refractivity (Wildman–Crippen MR) is 148 cm³/mol. The van der Waals surface area contributed by atoms with E-state index >= 15 is 0 Å². The smallest absolute Gasteiger partial charge is 0.410 e. The molecular weight excluding hydrogens is 513 g/mol. The molecule has 1 aliphatic heterocycles. The standard InChI is InChI=1S/C27H33Cl2N5O3/c1-16-15-32(25(36)37-27(5,6)7)12-13-33(16)22-17-14-19(28)21(29)30-23(17)34(24(35)31-22)20-11-9-8-10-18(20)26(2,3)4/h8-11,14,16H,12-13,15H2,1-7H3. The van der Waals surface area contributed by atoms with Gasteiger partial charge in [0.2, 0.25) is 0 Å². The monoisotopic (exact) mass is 545 g/mol. The first kappa shape index (κ1) is 27.2. The lowest BCUT2D eigenvalue weighted by Crippen LogP contribution is -2.55. The van der Waals surface area contributed by atoms with Crippen molar-refractivity contribution in [3.63, 3.8) is 0 Å². The number of hydrogen-bond donors (Lipinski definition) is 0. The molecule has 10 heteroatoms. The summed E-state index contributed by atoms with van der Waals surface area (Å²) in [6, 6.07) is 9.28. The summed E-state index contributed by atoms with van der Waals surface area (Å²) in [6.45, 7) is 15.1. The zero-order valence-electron chi connectivity index (χ0n) is 22.3. The summed E-state index contributed by atoms with van der Waals surface area (Å²) in [6.07, 6.45) is -0.359. The third-order valence-corrected chi connectivity index (χ3v) is 6.94. The van der Waals surface area contributed by atoms with Crippen LogP contribution in [-0.4, -0.2) is 56.8 Å². The summed E-state index contributed by atoms with van der Waals surface area (Å²) >= 11 is 12.8. The first-order valence-electron chi connectivity index (χ1n) is 12.3. The molecule has 8 nitrogen and oxygen atoms in total. The largest absolute Gasteiger partial charge is 0.444 e. The van der Waals surface area contributed by atoms with Crippen LogP contribution in [0, 0.1) is 0 Å². The molecule has 0 spiro atoms. The van der Waals surface area contributed by atoms with Gasteiger partial charge >= 0.3 is 11.8 Å². The molecule has 0 bridgehead atoms. The van der Waals surface area contributed by atoms with Crippen LogP contribution in [0.15, 0.2) is 35.1 Å². The van der Waals surface area contributed by atoms with Crippen LogP contribution in [0.1, 0.15) is 54.0 Å². The summed E-state index contributed by atoms with van der Waals surface area (Å²) in [4.78, 5) is 39.0. The molecule has 0 N–H and O–H groups in total. The van der Waals surface area contributed by atoms with Crippen molar-refractivity contribution in [3.05, 3.63) is 56.6 Å². The molecular formula is C27H33Cl2N5O3. The van der Waals surface area contributed by atoms with Gasteiger partial charge in [0, 0.05) is 25.7 Å². The zero-order chi connectivity index (χ0) is 27.3. The Balaban J connectivity index is 1.83. The van der Waals surface area contributed by atoms with E-state index < -0.39 is 11.3 Å². The van der Waals surface area contributed by atoms with Crippen molar-refractivity contribution in [2.75, 3.05) is 24.5 Å². The quantitative estimate of drug-likeness (QED) is 0.377. The van der Waals surface area contributed by atoms with Crippen LogP contribution in [0.4, 0.5) is 10.6 Å². The summed E-state index contributed by atoms with van der Waals surface area (Å²) in [7, 11) is 0. The second-order valence-electron chi connectivity index (χ2n) is 11.4. The van der Waals surface area contributed by atoms with E-state index in [0.29, 0.717) is 42.2 Å². The normalized spacial score (nSPS) is 16.8. The summed E-state index contributed by atoms with van der Waals surface area (Å²) in [5.74, 6) is 0.465. The van der Waals surface area contributed by atoms with Gasteiger partial charge < -0.3 is 14.5 Å². The number of ether oxygens (including phenoxy) is 1. The maximum atomic E-state index is 13.6. The molecule has 3 heterocycles. The molecule has 1 amide bonds. The fourth-order valence-electron chi connectivity index (χ4n) is 4.59. The van der Waals surface area contributed by atoms with Crippen LogP contribution in [0.5, 0.6) is 0 Å². The Kier molecular flexibility index (Phi) is 7.20. The minimum atomic E-state index is -0.579. The fourth-order valence-corrected chi connectivity index (χ4v) is 4.87. The Morgan fingerprint density at radius 1 is 1.05 bits per heavy atom. The fraction of sp³-hybridized carbons (Fsp3) is 0.481. The van der Waals surface area contributed by atoms with E-state index in [4.69, 9.17) is 27.9 Å². The SMILES string of the molecule is CC1CN(C(=O)OC(C)(C)C)CCN1c1nc(=O)n(-c2ccccc2C(C)(C)C)c2nc(Cl)c(Cl)cc12. The van der Waals surface area contributed by atoms with Crippen molar-refractivity contribution < 1.29 is 9.53 Å². The van der Waals surface area contributed by atoms with Crippen molar-refractivity contribution in [1.29, 1.82) is 0 Å². The van der Waals surface area contributed by atoms with Crippen molar-refractivity contribution in [2.45, 2.75) is 65.5 Å². The van der Waals surface area contributed by atoms with Crippen molar-refractivity contribution in [2.24, 2.45) is 0 Å². The second kappa shape index (κ2) is 9.80. The number of amides is 1. The van der Waals surface area contributed by atoms with Crippen LogP contribution < -0.4 is 10.6 Å². The maximum Gasteiger partial charge on any atom is 0.410 e. The van der Waals surface area contributed by atoms with Gasteiger partial charge in [0.25, 0.3) is 0 Å². The van der Waals surface area contributed by atoms with Crippen LogP contribution in [0.2, 0.25) is 10.2 Å². The van der Waals surface area contributed by atoms with E-state index in [1.165, 1.54) is 4.57 Å². The molecule has 0 radical (unpaired) electrons. The molecule has 3 aromatic rings. The summed E-state index contributed by atoms with van der Waals surface area (Å²) in [5.41, 5.74) is 0.766. The second-order valence-corrected chi connectivity index (χ2v) is 12.2. The molecule has 198 valence electrons. The number of piperazine rings is 1. The summed E-state index contributed by atoms with van der Waals surface area (Å²) in [5, 5.41) is 0.984. The number of hydrogen-bond acceptors (Lipinski definition) is 6. The van der Waals surface area contributed by atoms with Crippen LogP contribution in [-0.2, 0) is 10.2 Å². The maximum absolute atomic E-state index is 13.6. The molecule has 37 heavy (non-hydrogen) atoms. The van der Waals surface area contributed by atoms with E-state index in [2.05, 4.69) is 30.7 Å². The predicted octanol–water partition coefficient (Wildman–Crippen LogP) is 5.83. The number of benzene rings is 1. The van der Waals surface area contributed by atoms with E-state index in [9.17, 15) is 9.59 Å². The van der Waals surface area contributed by atoms with Gasteiger partial charge in [-0.25, -0.2) is 19.1 Å². The third kappa shape index (κ3) is 5.55. The number of anilines is 1. The first-order valence-corrected chi connectivity index (χ1v) is 13.1. The Morgan fingerprint density at radius 3 is 2.35 bits per heavy atom. The Bertz CT molecular complexity index is 1410. The average Bonchev–Trinajstić information content (AvgIpc) is 2.78. The highest BCUT2D eigenvalue weighted by Crippen LogP contribution is 2.34. The number of halogens is 2. The Hall–Kier alpha value is -2.84. The van der Waals surface area contributed by atoms with Gasteiger partial charge in [0.05, 0.1) is 16.1 Å². The lowest BCUT2D eigenvalue weighted by atomic mass is 9.85. The number of aromatic nitrogens is 3. The Labute approximate surface area is 227 Å². The van der Waals surface area contributed by atoms with Gasteiger partial charge in [-0.1, -0.05) is 62.2 Å². The van der Waals surface area contributed by atoms with Gasteiger partial charge in [-0.3, -0.25) is 0 Å². The van der Waals surface area contributed by atoms with Crippen molar-refractivity contribution in [3.8, 4) is 5.69 Å². The number of carbonyl (C=O) groups excluding carboxylic acids is 1. The molecule has 1 saturated heterocycles. The van der Waals surface area contributed by atoms with Gasteiger partial charge in [-0.15, -0.1) is 0 Å². The van der Waals surface area contributed by atoms with E-state index in [-0.39, 0.29) is 27.7 Å². The molecule has 1 aliphatic rings. The molecule has 4 rings (SSSR count). The minimum absolute atomic E-state index is 0.107. The number of pyridine rings is 1. The molecule has 0 saturated carbocycles. The minimum Gasteiger partial charge on any atom is -0.444 e. The van der Waals surface area contributed by atoms with Gasteiger partial charge in [-0.2, -0.15) is 4.98 Å². The molecule has 1 unspecified atom stereocenters. The number of nitrogens with zero attached hydrogens (tertiary/aromatic N) is 5. The molecule has 0 aliphatic carbocycles. The first-order chi connectivity index (χ1) is 17.2. The number of fused-ring (bicyclic) bond motifs is 1. The van der Waals surface area contributed by atoms with Gasteiger partial charge in [0.1, 0.15) is 16.6 Å². The lowest BCUT2D eigenvalue weighted by Gasteiger charge is -2.41. The number of para-hydroxylation sites is 1. The van der Waals surface area contributed by atoms with Crippen molar-refractivity contribution in [1.82, 2.24) is 19.4 Å². The highest BCUT2D eigenvalue weighted by atomic mass is 35.5. The van der Waals surface area contributed by atoms with Crippen LogP contribution >= 0.6 is 23.2 Å². The van der Waals surface area contributed by atoms with Crippen LogP contribution in [0.25, 0.3) is 16.7 Å². The van der Waals surface area contributed by atoms with Gasteiger partial charge in [-0.05, 0) is 50.8 Å². The van der Waals surface area contributed by atoms with E-state index in [0.717, 1.165) is 5.56 Å². The van der Waals surface area contributed by atoms with E-state index in [1.807, 2.05) is 56.9 Å². The molecule has 1 fully saturated rings. The van der Waals surface area contributed by atoms with E-state index in [1.54, 1.807) is 11.0 Å². The van der Waals surface area contributed by atoms with Crippen LogP contribution in [0.3, 0.4) is 0 Å². The summed E-state index contributed by atoms with van der Waals surface area (Å²) < 4.78 is 7.05. The van der Waals surface area contributed by atoms with Gasteiger partial charge in [0.15, 0.2) is 5.65 Å². The highest BCUT2D eigenvalue weighted by molar-refractivity contribution is 6.41. The molecule has 1 atom stereocenters. The molecule has 2 aromatic heterocycles. The molecule has 1 aromatic carbocycles. The number of carbonyl (C=O) groups is 1. The Morgan fingerprint density at radius 2 is 1.73 bits per heavy atom. The highest BCUT2D eigenvalue weighted by Gasteiger charge is 2.32. The lowest BCUT2D eigenvalue weighted by molar-refractivity contribution is 0.0218.